The number of aliphatic carboxylic acids is 1. The summed E-state index contributed by atoms with van der Waals surface area (Å²) in [6, 6.07) is 15.0. The van der Waals surface area contributed by atoms with Crippen LogP contribution in [-0.2, 0) is 14.3 Å². The first-order valence-electron chi connectivity index (χ1n) is 11.0. The van der Waals surface area contributed by atoms with Gasteiger partial charge in [-0.05, 0) is 34.6 Å². The number of alkyl carbamates (subject to hydrolysis) is 1. The van der Waals surface area contributed by atoms with Crippen LogP contribution in [0.5, 0.6) is 0 Å². The molecule has 0 aliphatic heterocycles. The van der Waals surface area contributed by atoms with Gasteiger partial charge in [-0.25, -0.2) is 4.79 Å². The Hall–Kier alpha value is -3.56. The lowest BCUT2D eigenvalue weighted by Gasteiger charge is -2.33. The number of hydrogen-bond acceptors (Lipinski definition) is 4. The number of rotatable bonds is 8. The number of alkyl halides is 3. The highest BCUT2D eigenvalue weighted by Crippen LogP contribution is 2.44. The van der Waals surface area contributed by atoms with Gasteiger partial charge in [-0.15, -0.1) is 0 Å². The van der Waals surface area contributed by atoms with Gasteiger partial charge in [0.15, 0.2) is 0 Å². The second-order valence-electron chi connectivity index (χ2n) is 9.49. The van der Waals surface area contributed by atoms with Gasteiger partial charge >= 0.3 is 18.2 Å². The van der Waals surface area contributed by atoms with E-state index in [1.807, 2.05) is 48.5 Å². The molecule has 0 bridgehead atoms. The molecule has 0 aromatic heterocycles. The SMILES string of the molecule is CC(C)(CNC(=O)C(C)(NC(=O)OCC1c2ccccc2-c2ccccc21)C(F)(F)F)CC(=O)O. The van der Waals surface area contributed by atoms with E-state index in [0.29, 0.717) is 6.92 Å². The number of ether oxygens (including phenoxy) is 1. The zero-order valence-corrected chi connectivity index (χ0v) is 19.5. The molecular formula is C25H27F3N2O5. The fourth-order valence-electron chi connectivity index (χ4n) is 4.06. The van der Waals surface area contributed by atoms with E-state index < -0.39 is 35.1 Å². The summed E-state index contributed by atoms with van der Waals surface area (Å²) in [4.78, 5) is 35.9. The van der Waals surface area contributed by atoms with Crippen LogP contribution in [-0.4, -0.2) is 47.9 Å². The van der Waals surface area contributed by atoms with E-state index in [-0.39, 0.29) is 25.5 Å². The van der Waals surface area contributed by atoms with Crippen molar-refractivity contribution in [3.63, 3.8) is 0 Å². The van der Waals surface area contributed by atoms with Crippen molar-refractivity contribution in [2.75, 3.05) is 13.2 Å². The number of halogens is 3. The number of carboxylic acids is 1. The molecule has 2 aromatic carbocycles. The predicted octanol–water partition coefficient (Wildman–Crippen LogP) is 4.46. The summed E-state index contributed by atoms with van der Waals surface area (Å²) in [5, 5.41) is 12.7. The topological polar surface area (TPSA) is 105 Å². The van der Waals surface area contributed by atoms with Crippen LogP contribution in [0.2, 0.25) is 0 Å². The van der Waals surface area contributed by atoms with Gasteiger partial charge in [-0.1, -0.05) is 62.4 Å². The summed E-state index contributed by atoms with van der Waals surface area (Å²) in [6.07, 6.45) is -6.90. The molecule has 7 nitrogen and oxygen atoms in total. The van der Waals surface area contributed by atoms with Crippen molar-refractivity contribution in [3.8, 4) is 11.1 Å². The lowest BCUT2D eigenvalue weighted by atomic mass is 9.89. The summed E-state index contributed by atoms with van der Waals surface area (Å²) in [5.41, 5.74) is -0.592. The van der Waals surface area contributed by atoms with E-state index in [9.17, 15) is 27.6 Å². The predicted molar refractivity (Wildman–Crippen MR) is 122 cm³/mol. The first kappa shape index (κ1) is 26.1. The Bertz CT molecular complexity index is 1090. The minimum Gasteiger partial charge on any atom is -0.481 e. The lowest BCUT2D eigenvalue weighted by Crippen LogP contribution is -2.65. The molecule has 0 saturated carbocycles. The van der Waals surface area contributed by atoms with Crippen LogP contribution in [0.4, 0.5) is 18.0 Å². The van der Waals surface area contributed by atoms with Gasteiger partial charge < -0.3 is 15.2 Å². The van der Waals surface area contributed by atoms with Gasteiger partial charge in [0.25, 0.3) is 5.91 Å². The summed E-state index contributed by atoms with van der Waals surface area (Å²) in [5.74, 6) is -3.03. The molecule has 188 valence electrons. The molecule has 1 aliphatic carbocycles. The van der Waals surface area contributed by atoms with Crippen molar-refractivity contribution in [2.24, 2.45) is 5.41 Å². The van der Waals surface area contributed by atoms with E-state index in [0.717, 1.165) is 22.3 Å². The van der Waals surface area contributed by atoms with Gasteiger partial charge in [0.1, 0.15) is 6.61 Å². The van der Waals surface area contributed by atoms with Crippen LogP contribution in [0.25, 0.3) is 11.1 Å². The number of fused-ring (bicyclic) bond motifs is 3. The molecule has 1 aliphatic rings. The number of amides is 2. The van der Waals surface area contributed by atoms with E-state index in [1.54, 1.807) is 5.32 Å². The third-order valence-electron chi connectivity index (χ3n) is 6.07. The average molecular weight is 492 g/mol. The van der Waals surface area contributed by atoms with Crippen LogP contribution in [0.1, 0.15) is 44.2 Å². The van der Waals surface area contributed by atoms with Crippen molar-refractivity contribution in [2.45, 2.75) is 44.8 Å². The summed E-state index contributed by atoms with van der Waals surface area (Å²) in [6.45, 7) is 2.96. The molecule has 2 aromatic rings. The van der Waals surface area contributed by atoms with Crippen LogP contribution < -0.4 is 10.6 Å². The van der Waals surface area contributed by atoms with E-state index in [4.69, 9.17) is 9.84 Å². The highest BCUT2D eigenvalue weighted by atomic mass is 19.4. The van der Waals surface area contributed by atoms with Crippen LogP contribution in [0, 0.1) is 5.41 Å². The third kappa shape index (κ3) is 5.58. The monoisotopic (exact) mass is 492 g/mol. The molecular weight excluding hydrogens is 465 g/mol. The number of carboxylic acid groups (broad SMARTS) is 1. The molecule has 35 heavy (non-hydrogen) atoms. The maximum absolute atomic E-state index is 13.9. The quantitative estimate of drug-likeness (QED) is 0.505. The Morgan fingerprint density at radius 3 is 1.94 bits per heavy atom. The van der Waals surface area contributed by atoms with Gasteiger partial charge in [-0.3, -0.25) is 14.9 Å². The largest absolute Gasteiger partial charge is 0.481 e. The molecule has 1 atom stereocenters. The van der Waals surface area contributed by atoms with Gasteiger partial charge in [0, 0.05) is 12.5 Å². The Kier molecular flexibility index (Phi) is 7.14. The second kappa shape index (κ2) is 9.59. The lowest BCUT2D eigenvalue weighted by molar-refractivity contribution is -0.194. The highest BCUT2D eigenvalue weighted by molar-refractivity contribution is 5.90. The van der Waals surface area contributed by atoms with Gasteiger partial charge in [-0.2, -0.15) is 13.2 Å². The normalized spacial score (nSPS) is 14.9. The Balaban J connectivity index is 1.71. The van der Waals surface area contributed by atoms with E-state index in [2.05, 4.69) is 5.32 Å². The molecule has 0 heterocycles. The fraction of sp³-hybridized carbons (Fsp3) is 0.400. The van der Waals surface area contributed by atoms with Crippen LogP contribution in [0.15, 0.2) is 48.5 Å². The maximum atomic E-state index is 13.9. The molecule has 2 amide bonds. The van der Waals surface area contributed by atoms with E-state index in [1.165, 1.54) is 13.8 Å². The molecule has 0 radical (unpaired) electrons. The molecule has 0 saturated heterocycles. The maximum Gasteiger partial charge on any atom is 0.420 e. The highest BCUT2D eigenvalue weighted by Gasteiger charge is 2.58. The molecule has 3 N–H and O–H groups in total. The minimum absolute atomic E-state index is 0.221. The van der Waals surface area contributed by atoms with Crippen LogP contribution >= 0.6 is 0 Å². The number of carbonyl (C=O) groups excluding carboxylic acids is 2. The van der Waals surface area contributed by atoms with Gasteiger partial charge in [0.05, 0.1) is 6.42 Å². The molecule has 1 unspecified atom stereocenters. The Morgan fingerprint density at radius 2 is 1.46 bits per heavy atom. The fourth-order valence-corrected chi connectivity index (χ4v) is 4.06. The zero-order valence-electron chi connectivity index (χ0n) is 19.5. The molecule has 10 heteroatoms. The number of nitrogens with one attached hydrogen (secondary N) is 2. The number of carbonyl (C=O) groups is 3. The first-order valence-corrected chi connectivity index (χ1v) is 11.0. The average Bonchev–Trinajstić information content (AvgIpc) is 3.08. The van der Waals surface area contributed by atoms with Gasteiger partial charge in [0.2, 0.25) is 5.54 Å². The minimum atomic E-state index is -5.14. The zero-order chi connectivity index (χ0) is 26.0. The number of benzene rings is 2. The van der Waals surface area contributed by atoms with Crippen molar-refractivity contribution in [1.29, 1.82) is 0 Å². The van der Waals surface area contributed by atoms with Crippen LogP contribution in [0.3, 0.4) is 0 Å². The standard InChI is InChI=1S/C25H27F3N2O5/c1-23(2,12-20(31)32)14-29-21(33)24(3,25(26,27)28)30-22(34)35-13-19-17-10-6-4-8-15(17)16-9-5-7-11-18(16)19/h4-11,19H,12-14H2,1-3H3,(H,29,33)(H,30,34)(H,31,32). The second-order valence-corrected chi connectivity index (χ2v) is 9.49. The third-order valence-corrected chi connectivity index (χ3v) is 6.07. The Labute approximate surface area is 200 Å². The summed E-state index contributed by atoms with van der Waals surface area (Å²) in [7, 11) is 0. The van der Waals surface area contributed by atoms with Crippen molar-refractivity contribution >= 4 is 18.0 Å². The molecule has 0 spiro atoms. The van der Waals surface area contributed by atoms with E-state index >= 15 is 0 Å². The van der Waals surface area contributed by atoms with Crippen molar-refractivity contribution < 1.29 is 37.4 Å². The van der Waals surface area contributed by atoms with Crippen molar-refractivity contribution in [3.05, 3.63) is 59.7 Å². The molecule has 3 rings (SSSR count). The first-order chi connectivity index (χ1) is 16.2. The summed E-state index contributed by atoms with van der Waals surface area (Å²) < 4.78 is 46.7. The summed E-state index contributed by atoms with van der Waals surface area (Å²) >= 11 is 0. The number of hydrogen-bond donors (Lipinski definition) is 3. The van der Waals surface area contributed by atoms with Crippen molar-refractivity contribution in [1.82, 2.24) is 10.6 Å². The smallest absolute Gasteiger partial charge is 0.420 e. The Morgan fingerprint density at radius 1 is 0.943 bits per heavy atom. The molecule has 0 fully saturated rings.